The standard InChI is InChI=1S/C23H27ClN5O8P/c1-12(21(30)31)28-38(32,37-13-7-5-4-6-8-13)33-11-15-16-17(36-23(2,3)35-16)20(34-15)29-10-9-14-18(24)26-22(25)27-19(14)29/h4-10,12,15-17,20H,11H2,1-3H3,(H,28,32)(H,30,31)(H2,25,26,27)/t12?,15-,16-,17-,20-,38+/m1/s1. The molecule has 2 aliphatic rings. The molecule has 0 radical (unpaired) electrons. The van der Waals surface area contributed by atoms with Crippen LogP contribution in [-0.4, -0.2) is 62.4 Å². The lowest BCUT2D eigenvalue weighted by molar-refractivity contribution is -0.199. The zero-order valence-corrected chi connectivity index (χ0v) is 22.3. The molecule has 0 amide bonds. The maximum Gasteiger partial charge on any atom is 0.459 e. The minimum Gasteiger partial charge on any atom is -0.480 e. The summed E-state index contributed by atoms with van der Waals surface area (Å²) in [6.07, 6.45) is -0.982. The molecule has 0 bridgehead atoms. The lowest BCUT2D eigenvalue weighted by Crippen LogP contribution is -2.36. The summed E-state index contributed by atoms with van der Waals surface area (Å²) in [7, 11) is -4.17. The normalized spacial score (nSPS) is 26.6. The average molecular weight is 568 g/mol. The van der Waals surface area contributed by atoms with Gasteiger partial charge in [0.05, 0.1) is 12.0 Å². The number of nitrogen functional groups attached to an aromatic ring is 1. The number of hydrogen-bond acceptors (Lipinski definition) is 10. The Kier molecular flexibility index (Phi) is 7.12. The van der Waals surface area contributed by atoms with Crippen molar-refractivity contribution in [3.63, 3.8) is 0 Å². The molecule has 2 aromatic heterocycles. The second-order valence-electron chi connectivity index (χ2n) is 9.35. The summed E-state index contributed by atoms with van der Waals surface area (Å²) in [6, 6.07) is 8.80. The first kappa shape index (κ1) is 26.8. The van der Waals surface area contributed by atoms with Gasteiger partial charge in [0.15, 0.2) is 12.0 Å². The minimum absolute atomic E-state index is 0.00146. The molecule has 1 aromatic carbocycles. The Balaban J connectivity index is 1.41. The van der Waals surface area contributed by atoms with Crippen LogP contribution in [0.25, 0.3) is 11.0 Å². The van der Waals surface area contributed by atoms with Gasteiger partial charge in [0.25, 0.3) is 0 Å². The molecule has 5 rings (SSSR count). The number of para-hydroxylation sites is 1. The third kappa shape index (κ3) is 5.36. The van der Waals surface area contributed by atoms with Crippen LogP contribution in [0.2, 0.25) is 5.15 Å². The van der Waals surface area contributed by atoms with E-state index >= 15 is 0 Å². The molecule has 0 spiro atoms. The molecule has 4 heterocycles. The molecule has 1 unspecified atom stereocenters. The Labute approximate surface area is 222 Å². The number of carboxylic acids is 1. The number of aromatic nitrogens is 3. The van der Waals surface area contributed by atoms with E-state index in [0.717, 1.165) is 0 Å². The second kappa shape index (κ2) is 10.1. The molecular formula is C23H27ClN5O8P. The van der Waals surface area contributed by atoms with Crippen molar-refractivity contribution in [2.24, 2.45) is 0 Å². The highest BCUT2D eigenvalue weighted by molar-refractivity contribution is 7.52. The molecular weight excluding hydrogens is 541 g/mol. The lowest BCUT2D eigenvalue weighted by atomic mass is 10.1. The summed E-state index contributed by atoms with van der Waals surface area (Å²) in [5.41, 5.74) is 6.26. The number of nitrogens with two attached hydrogens (primary N) is 1. The van der Waals surface area contributed by atoms with Crippen LogP contribution in [0.3, 0.4) is 0 Å². The lowest BCUT2D eigenvalue weighted by Gasteiger charge is -2.26. The second-order valence-corrected chi connectivity index (χ2v) is 11.4. The van der Waals surface area contributed by atoms with E-state index < -0.39 is 50.1 Å². The van der Waals surface area contributed by atoms with Crippen molar-refractivity contribution in [1.82, 2.24) is 19.6 Å². The smallest absolute Gasteiger partial charge is 0.459 e. The van der Waals surface area contributed by atoms with E-state index in [0.29, 0.717) is 11.0 Å². The van der Waals surface area contributed by atoms with Crippen LogP contribution in [0.1, 0.15) is 27.0 Å². The summed E-state index contributed by atoms with van der Waals surface area (Å²) in [5.74, 6) is -1.93. The van der Waals surface area contributed by atoms with Crippen LogP contribution in [0.4, 0.5) is 5.95 Å². The van der Waals surface area contributed by atoms with E-state index in [1.54, 1.807) is 61.0 Å². The zero-order valence-electron chi connectivity index (χ0n) is 20.7. The maximum atomic E-state index is 13.6. The number of rotatable bonds is 9. The topological polar surface area (TPSA) is 169 Å². The quantitative estimate of drug-likeness (QED) is 0.255. The van der Waals surface area contributed by atoms with Crippen molar-refractivity contribution in [3.8, 4) is 5.75 Å². The molecule has 2 fully saturated rings. The van der Waals surface area contributed by atoms with Crippen LogP contribution in [0, 0.1) is 0 Å². The number of benzene rings is 1. The first-order valence-electron chi connectivity index (χ1n) is 11.8. The summed E-state index contributed by atoms with van der Waals surface area (Å²) in [5, 5.41) is 12.6. The number of nitrogens with one attached hydrogen (secondary N) is 1. The highest BCUT2D eigenvalue weighted by Gasteiger charge is 2.56. The molecule has 15 heteroatoms. The van der Waals surface area contributed by atoms with Gasteiger partial charge in [-0.05, 0) is 39.0 Å². The van der Waals surface area contributed by atoms with E-state index in [9.17, 15) is 14.5 Å². The predicted molar refractivity (Wildman–Crippen MR) is 136 cm³/mol. The summed E-state index contributed by atoms with van der Waals surface area (Å²) in [4.78, 5) is 19.7. The number of nitrogens with zero attached hydrogens (tertiary/aromatic N) is 3. The van der Waals surface area contributed by atoms with Crippen LogP contribution in [-0.2, 0) is 28.1 Å². The van der Waals surface area contributed by atoms with Gasteiger partial charge in [-0.15, -0.1) is 0 Å². The molecule has 4 N–H and O–H groups in total. The van der Waals surface area contributed by atoms with Gasteiger partial charge >= 0.3 is 13.7 Å². The van der Waals surface area contributed by atoms with Gasteiger partial charge in [0.1, 0.15) is 40.9 Å². The molecule has 0 aliphatic carbocycles. The van der Waals surface area contributed by atoms with Crippen molar-refractivity contribution in [1.29, 1.82) is 0 Å². The van der Waals surface area contributed by atoms with Crippen LogP contribution >= 0.6 is 19.3 Å². The van der Waals surface area contributed by atoms with Gasteiger partial charge in [-0.1, -0.05) is 29.8 Å². The Bertz CT molecular complexity index is 1390. The van der Waals surface area contributed by atoms with Gasteiger partial charge in [0.2, 0.25) is 5.95 Å². The number of carboxylic acid groups (broad SMARTS) is 1. The molecule has 204 valence electrons. The fourth-order valence-corrected chi connectivity index (χ4v) is 6.15. The van der Waals surface area contributed by atoms with Crippen molar-refractivity contribution in [3.05, 3.63) is 47.7 Å². The number of fused-ring (bicyclic) bond motifs is 2. The third-order valence-electron chi connectivity index (χ3n) is 6.04. The highest BCUT2D eigenvalue weighted by Crippen LogP contribution is 2.48. The van der Waals surface area contributed by atoms with E-state index in [-0.39, 0.29) is 23.5 Å². The van der Waals surface area contributed by atoms with Gasteiger partial charge < -0.3 is 34.1 Å². The first-order valence-corrected chi connectivity index (χ1v) is 13.7. The summed E-state index contributed by atoms with van der Waals surface area (Å²) < 4.78 is 45.2. The van der Waals surface area contributed by atoms with Crippen molar-refractivity contribution in [2.45, 2.75) is 57.1 Å². The number of hydrogen-bond donors (Lipinski definition) is 3. The molecule has 3 aromatic rings. The van der Waals surface area contributed by atoms with Gasteiger partial charge in [-0.3, -0.25) is 9.32 Å². The zero-order chi connectivity index (χ0) is 27.2. The van der Waals surface area contributed by atoms with E-state index in [2.05, 4.69) is 15.1 Å². The molecule has 2 saturated heterocycles. The SMILES string of the molecule is CC(N[P@](=O)(OC[C@H]1O[C@@H](n2ccc3c(Cl)nc(N)nc32)[C@@H]2OC(C)(C)O[C@@H]21)Oc1ccccc1)C(=O)O. The van der Waals surface area contributed by atoms with E-state index in [4.69, 9.17) is 40.6 Å². The van der Waals surface area contributed by atoms with E-state index in [1.165, 1.54) is 6.92 Å². The van der Waals surface area contributed by atoms with Crippen LogP contribution in [0.15, 0.2) is 42.6 Å². The molecule has 38 heavy (non-hydrogen) atoms. The largest absolute Gasteiger partial charge is 0.480 e. The third-order valence-corrected chi connectivity index (χ3v) is 7.97. The monoisotopic (exact) mass is 567 g/mol. The molecule has 0 saturated carbocycles. The van der Waals surface area contributed by atoms with Crippen LogP contribution < -0.4 is 15.3 Å². The fourth-order valence-electron chi connectivity index (χ4n) is 4.41. The molecule has 2 aliphatic heterocycles. The number of halogens is 1. The maximum absolute atomic E-state index is 13.6. The van der Waals surface area contributed by atoms with E-state index in [1.807, 2.05) is 0 Å². The van der Waals surface area contributed by atoms with Gasteiger partial charge in [0, 0.05) is 6.20 Å². The average Bonchev–Trinajstić information content (AvgIpc) is 3.49. The fraction of sp³-hybridized carbons (Fsp3) is 0.435. The number of ether oxygens (including phenoxy) is 3. The van der Waals surface area contributed by atoms with Crippen molar-refractivity contribution >= 4 is 42.3 Å². The van der Waals surface area contributed by atoms with Gasteiger partial charge in [-0.2, -0.15) is 10.1 Å². The minimum atomic E-state index is -4.17. The Morgan fingerprint density at radius 2 is 1.97 bits per heavy atom. The highest BCUT2D eigenvalue weighted by atomic mass is 35.5. The number of aliphatic carboxylic acids is 1. The van der Waals surface area contributed by atoms with Crippen LogP contribution in [0.5, 0.6) is 5.75 Å². The summed E-state index contributed by atoms with van der Waals surface area (Å²) in [6.45, 7) is 4.60. The van der Waals surface area contributed by atoms with Crippen molar-refractivity contribution < 1.29 is 37.7 Å². The Morgan fingerprint density at radius 3 is 2.68 bits per heavy atom. The van der Waals surface area contributed by atoms with Crippen molar-refractivity contribution in [2.75, 3.05) is 12.3 Å². The molecule has 13 nitrogen and oxygen atoms in total. The Morgan fingerprint density at radius 1 is 1.26 bits per heavy atom. The summed E-state index contributed by atoms with van der Waals surface area (Å²) >= 11 is 6.24. The number of anilines is 1. The first-order chi connectivity index (χ1) is 17.9. The van der Waals surface area contributed by atoms with Gasteiger partial charge in [-0.25, -0.2) is 9.55 Å². The predicted octanol–water partition coefficient (Wildman–Crippen LogP) is 3.35. The molecule has 6 atom stereocenters. The Hall–Kier alpha value is -2.77. The number of carbonyl (C=O) groups is 1.